The molecule has 7 heteroatoms. The fourth-order valence-electron chi connectivity index (χ4n) is 2.66. The summed E-state index contributed by atoms with van der Waals surface area (Å²) >= 11 is 5.94. The van der Waals surface area contributed by atoms with Gasteiger partial charge in [-0.2, -0.15) is 0 Å². The molecule has 1 aromatic carbocycles. The van der Waals surface area contributed by atoms with Gasteiger partial charge in [-0.1, -0.05) is 29.6 Å². The number of amidine groups is 1. The Labute approximate surface area is 127 Å². The topological polar surface area (TPSA) is 96.9 Å². The van der Waals surface area contributed by atoms with Crippen LogP contribution in [0.25, 0.3) is 0 Å². The van der Waals surface area contributed by atoms with Crippen molar-refractivity contribution in [3.63, 3.8) is 0 Å². The van der Waals surface area contributed by atoms with E-state index in [-0.39, 0.29) is 11.7 Å². The minimum Gasteiger partial charge on any atom is -0.496 e. The number of rotatable bonds is 4. The molecule has 0 atom stereocenters. The second-order valence-electron chi connectivity index (χ2n) is 5.07. The number of methoxy groups -OCH3 is 1. The number of hydrogen-bond acceptors (Lipinski definition) is 4. The van der Waals surface area contributed by atoms with E-state index in [9.17, 15) is 4.79 Å². The lowest BCUT2D eigenvalue weighted by molar-refractivity contribution is 0.0919. The Morgan fingerprint density at radius 1 is 1.48 bits per heavy atom. The highest BCUT2D eigenvalue weighted by molar-refractivity contribution is 6.31. The maximum absolute atomic E-state index is 12.5. The molecule has 6 nitrogen and oxygen atoms in total. The van der Waals surface area contributed by atoms with E-state index in [0.717, 1.165) is 12.8 Å². The van der Waals surface area contributed by atoms with Crippen molar-refractivity contribution in [2.45, 2.75) is 31.2 Å². The Bertz CT molecular complexity index is 569. The first kappa shape index (κ1) is 15.4. The van der Waals surface area contributed by atoms with Crippen LogP contribution in [-0.4, -0.2) is 29.6 Å². The van der Waals surface area contributed by atoms with Crippen molar-refractivity contribution in [2.24, 2.45) is 10.9 Å². The van der Waals surface area contributed by atoms with Crippen LogP contribution in [-0.2, 0) is 0 Å². The summed E-state index contributed by atoms with van der Waals surface area (Å²) in [6, 6.07) is 4.80. The SMILES string of the molecule is COc1ccc(Cl)cc1C(=O)NC1(/C(N)=N/O)CCCC1. The van der Waals surface area contributed by atoms with Gasteiger partial charge in [0.1, 0.15) is 11.3 Å². The first-order chi connectivity index (χ1) is 10.0. The predicted molar refractivity (Wildman–Crippen MR) is 80.1 cm³/mol. The number of nitrogens with one attached hydrogen (secondary N) is 1. The Morgan fingerprint density at radius 2 is 2.14 bits per heavy atom. The normalized spacial score (nSPS) is 17.5. The number of nitrogens with two attached hydrogens (primary N) is 1. The van der Waals surface area contributed by atoms with Gasteiger partial charge in [0.25, 0.3) is 5.91 Å². The van der Waals surface area contributed by atoms with Crippen molar-refractivity contribution in [1.29, 1.82) is 0 Å². The van der Waals surface area contributed by atoms with Crippen LogP contribution < -0.4 is 15.8 Å². The molecular weight excluding hydrogens is 294 g/mol. The molecule has 0 radical (unpaired) electrons. The second-order valence-corrected chi connectivity index (χ2v) is 5.51. The maximum atomic E-state index is 12.5. The van der Waals surface area contributed by atoms with Crippen molar-refractivity contribution in [3.05, 3.63) is 28.8 Å². The van der Waals surface area contributed by atoms with E-state index < -0.39 is 5.54 Å². The summed E-state index contributed by atoms with van der Waals surface area (Å²) in [5.41, 5.74) is 5.28. The number of nitrogens with zero attached hydrogens (tertiary/aromatic N) is 1. The minimum atomic E-state index is -0.806. The van der Waals surface area contributed by atoms with Crippen LogP contribution in [0.2, 0.25) is 5.02 Å². The molecule has 114 valence electrons. The van der Waals surface area contributed by atoms with Crippen molar-refractivity contribution in [2.75, 3.05) is 7.11 Å². The average Bonchev–Trinajstić information content (AvgIpc) is 2.96. The van der Waals surface area contributed by atoms with Crippen molar-refractivity contribution in [1.82, 2.24) is 5.32 Å². The average molecular weight is 312 g/mol. The van der Waals surface area contributed by atoms with E-state index in [1.165, 1.54) is 13.2 Å². The van der Waals surface area contributed by atoms with Crippen LogP contribution >= 0.6 is 11.6 Å². The molecular formula is C14H18ClN3O3. The minimum absolute atomic E-state index is 0.0225. The molecule has 2 rings (SSSR count). The highest BCUT2D eigenvalue weighted by Crippen LogP contribution is 2.31. The van der Waals surface area contributed by atoms with Gasteiger partial charge in [-0.15, -0.1) is 0 Å². The van der Waals surface area contributed by atoms with E-state index in [2.05, 4.69) is 10.5 Å². The van der Waals surface area contributed by atoms with Gasteiger partial charge in [-0.05, 0) is 31.0 Å². The number of carbonyl (C=O) groups is 1. The largest absolute Gasteiger partial charge is 0.496 e. The molecule has 0 aliphatic heterocycles. The van der Waals surface area contributed by atoms with Crippen LogP contribution in [0, 0.1) is 0 Å². The van der Waals surface area contributed by atoms with E-state index >= 15 is 0 Å². The molecule has 1 saturated carbocycles. The van der Waals surface area contributed by atoms with Crippen LogP contribution in [0.15, 0.2) is 23.4 Å². The molecule has 1 aliphatic carbocycles. The van der Waals surface area contributed by atoms with E-state index in [4.69, 9.17) is 27.3 Å². The fraction of sp³-hybridized carbons (Fsp3) is 0.429. The van der Waals surface area contributed by atoms with E-state index in [1.807, 2.05) is 0 Å². The zero-order valence-electron chi connectivity index (χ0n) is 11.7. The monoisotopic (exact) mass is 311 g/mol. The van der Waals surface area contributed by atoms with Crippen molar-refractivity contribution < 1.29 is 14.7 Å². The summed E-state index contributed by atoms with van der Waals surface area (Å²) in [7, 11) is 1.48. The quantitative estimate of drug-likeness (QED) is 0.343. The Hall–Kier alpha value is -1.95. The van der Waals surface area contributed by atoms with Crippen LogP contribution in [0.4, 0.5) is 0 Å². The third kappa shape index (κ3) is 3.05. The lowest BCUT2D eigenvalue weighted by Gasteiger charge is -2.29. The number of amides is 1. The van der Waals surface area contributed by atoms with Gasteiger partial charge in [0.05, 0.1) is 12.7 Å². The standard InChI is InChI=1S/C14H18ClN3O3/c1-21-11-5-4-9(15)8-10(11)12(19)17-14(13(16)18-20)6-2-3-7-14/h4-5,8,20H,2-3,6-7H2,1H3,(H2,16,18)(H,17,19). The molecule has 0 bridgehead atoms. The van der Waals surface area contributed by atoms with Gasteiger partial charge in [0.2, 0.25) is 0 Å². The van der Waals surface area contributed by atoms with Gasteiger partial charge in [0, 0.05) is 5.02 Å². The van der Waals surface area contributed by atoms with Gasteiger partial charge >= 0.3 is 0 Å². The highest BCUT2D eigenvalue weighted by atomic mass is 35.5. The van der Waals surface area contributed by atoms with Gasteiger partial charge in [0.15, 0.2) is 5.84 Å². The predicted octanol–water partition coefficient (Wildman–Crippen LogP) is 2.14. The zero-order chi connectivity index (χ0) is 15.5. The van der Waals surface area contributed by atoms with E-state index in [0.29, 0.717) is 29.2 Å². The summed E-state index contributed by atoms with van der Waals surface area (Å²) in [6.07, 6.45) is 3.08. The number of benzene rings is 1. The summed E-state index contributed by atoms with van der Waals surface area (Å²) < 4.78 is 5.18. The van der Waals surface area contributed by atoms with Crippen LogP contribution in [0.5, 0.6) is 5.75 Å². The highest BCUT2D eigenvalue weighted by Gasteiger charge is 2.40. The third-order valence-electron chi connectivity index (χ3n) is 3.81. The first-order valence-electron chi connectivity index (χ1n) is 6.66. The number of halogens is 1. The van der Waals surface area contributed by atoms with Crippen molar-refractivity contribution >= 4 is 23.3 Å². The number of oxime groups is 1. The molecule has 0 unspecified atom stereocenters. The third-order valence-corrected chi connectivity index (χ3v) is 4.05. The molecule has 0 spiro atoms. The molecule has 0 saturated heterocycles. The van der Waals surface area contributed by atoms with E-state index in [1.54, 1.807) is 12.1 Å². The van der Waals surface area contributed by atoms with Crippen LogP contribution in [0.1, 0.15) is 36.0 Å². The molecule has 0 heterocycles. The summed E-state index contributed by atoms with van der Waals surface area (Å²) in [4.78, 5) is 12.5. The molecule has 1 fully saturated rings. The Balaban J connectivity index is 2.30. The van der Waals surface area contributed by atoms with Gasteiger partial charge < -0.3 is 21.0 Å². The Morgan fingerprint density at radius 3 is 2.71 bits per heavy atom. The number of carbonyl (C=O) groups excluding carboxylic acids is 1. The van der Waals surface area contributed by atoms with Crippen molar-refractivity contribution in [3.8, 4) is 5.75 Å². The first-order valence-corrected chi connectivity index (χ1v) is 7.04. The Kier molecular flexibility index (Phi) is 4.57. The molecule has 1 aromatic rings. The maximum Gasteiger partial charge on any atom is 0.255 e. The lowest BCUT2D eigenvalue weighted by Crippen LogP contribution is -2.55. The molecule has 1 amide bonds. The molecule has 0 aromatic heterocycles. The zero-order valence-corrected chi connectivity index (χ0v) is 12.5. The number of hydrogen-bond donors (Lipinski definition) is 3. The second kappa shape index (κ2) is 6.22. The molecule has 21 heavy (non-hydrogen) atoms. The van der Waals surface area contributed by atoms with Gasteiger partial charge in [-0.3, -0.25) is 4.79 Å². The summed E-state index contributed by atoms with van der Waals surface area (Å²) in [6.45, 7) is 0. The summed E-state index contributed by atoms with van der Waals surface area (Å²) in [5.74, 6) is 0.0850. The number of ether oxygens (including phenoxy) is 1. The van der Waals surface area contributed by atoms with Gasteiger partial charge in [-0.25, -0.2) is 0 Å². The molecule has 1 aliphatic rings. The van der Waals surface area contributed by atoms with Crippen LogP contribution in [0.3, 0.4) is 0 Å². The summed E-state index contributed by atoms with van der Waals surface area (Å²) in [5, 5.41) is 15.3. The fourth-order valence-corrected chi connectivity index (χ4v) is 2.83. The smallest absolute Gasteiger partial charge is 0.255 e. The molecule has 4 N–H and O–H groups in total. The lowest BCUT2D eigenvalue weighted by atomic mass is 9.95.